The van der Waals surface area contributed by atoms with Gasteiger partial charge in [-0.05, 0) is 42.9 Å². The van der Waals surface area contributed by atoms with Crippen LogP contribution in [0, 0.1) is 5.92 Å². The highest BCUT2D eigenvalue weighted by Crippen LogP contribution is 2.25. The number of likely N-dealkylation sites (tertiary alicyclic amines) is 1. The predicted octanol–water partition coefficient (Wildman–Crippen LogP) is 2.93. The molecular weight excluding hydrogens is 238 g/mol. The summed E-state index contributed by atoms with van der Waals surface area (Å²) in [6, 6.07) is 8.19. The largest absolute Gasteiger partial charge is 0.480 e. The predicted molar refractivity (Wildman–Crippen MR) is 76.1 cm³/mol. The molecule has 0 radical (unpaired) electrons. The average Bonchev–Trinajstić information content (AvgIpc) is 2.39. The molecule has 0 saturated carbocycles. The number of hydrogen-bond donors (Lipinski definition) is 1. The number of piperidine rings is 1. The molecule has 1 aliphatic heterocycles. The minimum Gasteiger partial charge on any atom is -0.480 e. The van der Waals surface area contributed by atoms with Gasteiger partial charge in [0.15, 0.2) is 0 Å². The number of carbonyl (C=O) groups is 1. The first-order valence-electron chi connectivity index (χ1n) is 7.16. The van der Waals surface area contributed by atoms with Gasteiger partial charge < -0.3 is 5.11 Å². The van der Waals surface area contributed by atoms with Crippen LogP contribution in [0.5, 0.6) is 0 Å². The molecule has 1 heterocycles. The van der Waals surface area contributed by atoms with Gasteiger partial charge in [-0.2, -0.15) is 0 Å². The van der Waals surface area contributed by atoms with Gasteiger partial charge in [-0.1, -0.05) is 38.1 Å². The van der Waals surface area contributed by atoms with Crippen LogP contribution >= 0.6 is 0 Å². The van der Waals surface area contributed by atoms with Crippen molar-refractivity contribution in [3.8, 4) is 0 Å². The zero-order valence-electron chi connectivity index (χ0n) is 11.8. The van der Waals surface area contributed by atoms with E-state index in [9.17, 15) is 9.90 Å². The van der Waals surface area contributed by atoms with Crippen LogP contribution < -0.4 is 0 Å². The molecule has 2 atom stereocenters. The summed E-state index contributed by atoms with van der Waals surface area (Å²) in [5.41, 5.74) is 2.53. The summed E-state index contributed by atoms with van der Waals surface area (Å²) in [5.74, 6) is -0.446. The Labute approximate surface area is 115 Å². The van der Waals surface area contributed by atoms with Crippen LogP contribution in [0.1, 0.15) is 37.8 Å². The molecule has 1 aromatic rings. The molecule has 1 N–H and O–H groups in total. The van der Waals surface area contributed by atoms with E-state index in [1.807, 2.05) is 6.92 Å². The zero-order valence-corrected chi connectivity index (χ0v) is 11.8. The Bertz CT molecular complexity index is 427. The fourth-order valence-corrected chi connectivity index (χ4v) is 2.97. The molecule has 1 saturated heterocycles. The molecule has 0 spiro atoms. The van der Waals surface area contributed by atoms with E-state index in [1.54, 1.807) is 0 Å². The topological polar surface area (TPSA) is 40.5 Å². The normalized spacial score (nSPS) is 24.3. The molecule has 2 rings (SSSR count). The van der Waals surface area contributed by atoms with Gasteiger partial charge in [-0.25, -0.2) is 0 Å². The minimum absolute atomic E-state index is 0.237. The lowest BCUT2D eigenvalue weighted by atomic mass is 9.90. The first-order valence-corrected chi connectivity index (χ1v) is 7.16. The number of carboxylic acid groups (broad SMARTS) is 1. The van der Waals surface area contributed by atoms with E-state index in [1.165, 1.54) is 11.1 Å². The van der Waals surface area contributed by atoms with Gasteiger partial charge in [-0.15, -0.1) is 0 Å². The highest BCUT2D eigenvalue weighted by Gasteiger charge is 2.33. The van der Waals surface area contributed by atoms with Crippen molar-refractivity contribution in [3.63, 3.8) is 0 Å². The fourth-order valence-electron chi connectivity index (χ4n) is 2.97. The number of aryl methyl sites for hydroxylation is 1. The lowest BCUT2D eigenvalue weighted by molar-refractivity contribution is -0.147. The van der Waals surface area contributed by atoms with Crippen molar-refractivity contribution < 1.29 is 9.90 Å². The molecule has 0 aromatic heterocycles. The second kappa shape index (κ2) is 6.20. The van der Waals surface area contributed by atoms with Gasteiger partial charge in [0, 0.05) is 6.54 Å². The summed E-state index contributed by atoms with van der Waals surface area (Å²) < 4.78 is 0. The third-order valence-corrected chi connectivity index (χ3v) is 4.11. The standard InChI is InChI=1S/C16H23NO2/c1-3-13-6-8-14(9-7-13)11-17-10-4-5-12(2)15(17)16(18)19/h6-9,12,15H,3-5,10-11H2,1-2H3,(H,18,19). The number of rotatable bonds is 4. The zero-order chi connectivity index (χ0) is 13.8. The summed E-state index contributed by atoms with van der Waals surface area (Å²) in [7, 11) is 0. The Morgan fingerprint density at radius 1 is 1.32 bits per heavy atom. The number of aliphatic carboxylic acids is 1. The highest BCUT2D eigenvalue weighted by atomic mass is 16.4. The Balaban J connectivity index is 2.08. The highest BCUT2D eigenvalue weighted by molar-refractivity contribution is 5.74. The second-order valence-electron chi connectivity index (χ2n) is 5.54. The molecule has 2 unspecified atom stereocenters. The molecule has 3 heteroatoms. The third-order valence-electron chi connectivity index (χ3n) is 4.11. The van der Waals surface area contributed by atoms with Crippen molar-refractivity contribution in [1.29, 1.82) is 0 Å². The van der Waals surface area contributed by atoms with Gasteiger partial charge in [0.1, 0.15) is 6.04 Å². The lowest BCUT2D eigenvalue weighted by Gasteiger charge is -2.37. The van der Waals surface area contributed by atoms with Gasteiger partial charge in [0.2, 0.25) is 0 Å². The van der Waals surface area contributed by atoms with Crippen molar-refractivity contribution in [3.05, 3.63) is 35.4 Å². The Morgan fingerprint density at radius 2 is 1.95 bits per heavy atom. The Kier molecular flexibility index (Phi) is 4.59. The summed E-state index contributed by atoms with van der Waals surface area (Å²) in [6.07, 6.45) is 3.15. The second-order valence-corrected chi connectivity index (χ2v) is 5.54. The van der Waals surface area contributed by atoms with E-state index >= 15 is 0 Å². The molecule has 3 nitrogen and oxygen atoms in total. The number of carboxylic acids is 1. The molecule has 0 amide bonds. The van der Waals surface area contributed by atoms with Crippen LogP contribution in [0.3, 0.4) is 0 Å². The minimum atomic E-state index is -0.683. The van der Waals surface area contributed by atoms with Crippen LogP contribution in [0.25, 0.3) is 0 Å². The van der Waals surface area contributed by atoms with Crippen LogP contribution in [0.15, 0.2) is 24.3 Å². The van der Waals surface area contributed by atoms with E-state index in [0.29, 0.717) is 0 Å². The molecule has 1 aromatic carbocycles. The third kappa shape index (κ3) is 3.35. The summed E-state index contributed by atoms with van der Waals surface area (Å²) in [4.78, 5) is 13.5. The maximum atomic E-state index is 11.4. The van der Waals surface area contributed by atoms with Crippen LogP contribution in [-0.4, -0.2) is 28.6 Å². The summed E-state index contributed by atoms with van der Waals surface area (Å²) in [5, 5.41) is 9.40. The first-order chi connectivity index (χ1) is 9.11. The van der Waals surface area contributed by atoms with E-state index in [0.717, 1.165) is 32.4 Å². The fraction of sp³-hybridized carbons (Fsp3) is 0.562. The van der Waals surface area contributed by atoms with E-state index in [4.69, 9.17) is 0 Å². The van der Waals surface area contributed by atoms with E-state index < -0.39 is 5.97 Å². The number of hydrogen-bond acceptors (Lipinski definition) is 2. The van der Waals surface area contributed by atoms with Crippen molar-refractivity contribution in [2.24, 2.45) is 5.92 Å². The maximum absolute atomic E-state index is 11.4. The summed E-state index contributed by atoms with van der Waals surface area (Å²) >= 11 is 0. The smallest absolute Gasteiger partial charge is 0.321 e. The molecular formula is C16H23NO2. The quantitative estimate of drug-likeness (QED) is 0.906. The molecule has 19 heavy (non-hydrogen) atoms. The van der Waals surface area contributed by atoms with Crippen molar-refractivity contribution in [2.45, 2.75) is 45.7 Å². The maximum Gasteiger partial charge on any atom is 0.321 e. The van der Waals surface area contributed by atoms with Crippen LogP contribution in [0.4, 0.5) is 0 Å². The molecule has 1 fully saturated rings. The van der Waals surface area contributed by atoms with Gasteiger partial charge in [0.05, 0.1) is 0 Å². The molecule has 1 aliphatic rings. The monoisotopic (exact) mass is 261 g/mol. The number of benzene rings is 1. The van der Waals surface area contributed by atoms with Crippen LogP contribution in [-0.2, 0) is 17.8 Å². The molecule has 0 bridgehead atoms. The van der Waals surface area contributed by atoms with Crippen molar-refractivity contribution in [2.75, 3.05) is 6.54 Å². The SMILES string of the molecule is CCc1ccc(CN2CCCC(C)C2C(=O)O)cc1. The lowest BCUT2D eigenvalue weighted by Crippen LogP contribution is -2.48. The van der Waals surface area contributed by atoms with Crippen LogP contribution in [0.2, 0.25) is 0 Å². The average molecular weight is 261 g/mol. The van der Waals surface area contributed by atoms with Gasteiger partial charge in [-0.3, -0.25) is 9.69 Å². The summed E-state index contributed by atoms with van der Waals surface area (Å²) in [6.45, 7) is 5.81. The Hall–Kier alpha value is -1.35. The van der Waals surface area contributed by atoms with Gasteiger partial charge in [0.25, 0.3) is 0 Å². The Morgan fingerprint density at radius 3 is 2.53 bits per heavy atom. The van der Waals surface area contributed by atoms with Crippen molar-refractivity contribution in [1.82, 2.24) is 4.90 Å². The van der Waals surface area contributed by atoms with E-state index in [2.05, 4.69) is 36.1 Å². The van der Waals surface area contributed by atoms with Gasteiger partial charge >= 0.3 is 5.97 Å². The molecule has 0 aliphatic carbocycles. The molecule has 104 valence electrons. The van der Waals surface area contributed by atoms with E-state index in [-0.39, 0.29) is 12.0 Å². The van der Waals surface area contributed by atoms with Crippen molar-refractivity contribution >= 4 is 5.97 Å². The first kappa shape index (κ1) is 14.1. The number of nitrogens with zero attached hydrogens (tertiary/aromatic N) is 1.